The van der Waals surface area contributed by atoms with E-state index in [0.717, 1.165) is 12.0 Å². The molecule has 1 aromatic carbocycles. The zero-order valence-corrected chi connectivity index (χ0v) is 13.7. The summed E-state index contributed by atoms with van der Waals surface area (Å²) < 4.78 is 9.78. The Balaban J connectivity index is 2.59. The van der Waals surface area contributed by atoms with Gasteiger partial charge in [-0.2, -0.15) is 0 Å². The van der Waals surface area contributed by atoms with E-state index in [9.17, 15) is 9.59 Å². The monoisotopic (exact) mass is 323 g/mol. The third-order valence-corrected chi connectivity index (χ3v) is 3.24. The van der Waals surface area contributed by atoms with Gasteiger partial charge in [-0.15, -0.1) is 0 Å². The highest BCUT2D eigenvalue weighted by Crippen LogP contribution is 2.07. The molecule has 5 nitrogen and oxygen atoms in total. The molecule has 1 rings (SSSR count). The number of rotatable bonds is 8. The van der Waals surface area contributed by atoms with Crippen molar-refractivity contribution in [3.63, 3.8) is 0 Å². The molecule has 0 spiro atoms. The lowest BCUT2D eigenvalue weighted by atomic mass is 10.1. The van der Waals surface area contributed by atoms with E-state index in [-0.39, 0.29) is 18.2 Å². The third-order valence-electron chi connectivity index (χ3n) is 2.86. The molecule has 0 amide bonds. The van der Waals surface area contributed by atoms with Gasteiger partial charge in [0.05, 0.1) is 13.2 Å². The molecule has 1 N–H and O–H groups in total. The Bertz CT molecular complexity index is 486. The molecule has 0 fully saturated rings. The third kappa shape index (κ3) is 5.81. The summed E-state index contributed by atoms with van der Waals surface area (Å²) in [6, 6.07) is 9.85. The Hall–Kier alpha value is -1.95. The summed E-state index contributed by atoms with van der Waals surface area (Å²) in [5.74, 6) is -2.57. The molecule has 22 heavy (non-hydrogen) atoms. The molecule has 120 valence electrons. The van der Waals surface area contributed by atoms with Crippen molar-refractivity contribution in [2.24, 2.45) is 5.92 Å². The highest BCUT2D eigenvalue weighted by molar-refractivity contribution is 7.80. The summed E-state index contributed by atoms with van der Waals surface area (Å²) in [6.07, 6.45) is 0.735. The molecule has 0 saturated heterocycles. The van der Waals surface area contributed by atoms with Gasteiger partial charge in [0, 0.05) is 6.54 Å². The molecule has 0 saturated carbocycles. The average molecular weight is 323 g/mol. The number of benzene rings is 1. The molecule has 6 heteroatoms. The van der Waals surface area contributed by atoms with Crippen LogP contribution < -0.4 is 5.32 Å². The van der Waals surface area contributed by atoms with Gasteiger partial charge >= 0.3 is 11.9 Å². The Kier molecular flexibility index (Phi) is 8.14. The van der Waals surface area contributed by atoms with E-state index in [1.807, 2.05) is 30.3 Å². The number of ether oxygens (including phenoxy) is 2. The first-order valence-electron chi connectivity index (χ1n) is 7.25. The van der Waals surface area contributed by atoms with Crippen molar-refractivity contribution in [2.45, 2.75) is 20.3 Å². The molecule has 0 atom stereocenters. The molecule has 0 radical (unpaired) electrons. The number of hydrogen-bond acceptors (Lipinski definition) is 5. The fourth-order valence-electron chi connectivity index (χ4n) is 1.84. The maximum atomic E-state index is 11.9. The normalized spacial score (nSPS) is 10.1. The minimum Gasteiger partial charge on any atom is -0.465 e. The topological polar surface area (TPSA) is 64.6 Å². The zero-order chi connectivity index (χ0) is 16.4. The van der Waals surface area contributed by atoms with E-state index in [1.54, 1.807) is 13.8 Å². The van der Waals surface area contributed by atoms with Crippen LogP contribution in [0.1, 0.15) is 19.4 Å². The predicted molar refractivity (Wildman–Crippen MR) is 87.5 cm³/mol. The fraction of sp³-hybridized carbons (Fsp3) is 0.438. The molecule has 0 aromatic heterocycles. The second kappa shape index (κ2) is 9.89. The molecule has 1 aromatic rings. The fourth-order valence-corrected chi connectivity index (χ4v) is 2.13. The van der Waals surface area contributed by atoms with E-state index in [2.05, 4.69) is 5.32 Å². The van der Waals surface area contributed by atoms with Crippen molar-refractivity contribution < 1.29 is 19.1 Å². The van der Waals surface area contributed by atoms with Crippen molar-refractivity contribution in [3.05, 3.63) is 35.9 Å². The Morgan fingerprint density at radius 1 is 1.09 bits per heavy atom. The van der Waals surface area contributed by atoms with Gasteiger partial charge < -0.3 is 14.8 Å². The van der Waals surface area contributed by atoms with E-state index in [0.29, 0.717) is 6.54 Å². The number of carbonyl (C=O) groups excluding carboxylic acids is 2. The maximum absolute atomic E-state index is 11.9. The van der Waals surface area contributed by atoms with Crippen molar-refractivity contribution in [3.8, 4) is 0 Å². The second-order valence-electron chi connectivity index (χ2n) is 4.46. The first kappa shape index (κ1) is 18.1. The van der Waals surface area contributed by atoms with Gasteiger partial charge in [-0.05, 0) is 25.8 Å². The SMILES string of the molecule is CCOC(=O)C(C(=O)OCC)C(=S)NCCc1ccccc1. The molecule has 0 aliphatic rings. The van der Waals surface area contributed by atoms with Crippen LogP contribution in [-0.4, -0.2) is 36.7 Å². The van der Waals surface area contributed by atoms with Crippen molar-refractivity contribution in [2.75, 3.05) is 19.8 Å². The van der Waals surface area contributed by atoms with Gasteiger partial charge in [-0.3, -0.25) is 9.59 Å². The lowest BCUT2D eigenvalue weighted by molar-refractivity contribution is -0.157. The first-order chi connectivity index (χ1) is 10.6. The number of thiocarbonyl (C=S) groups is 1. The van der Waals surface area contributed by atoms with E-state index >= 15 is 0 Å². The predicted octanol–water partition coefficient (Wildman–Crippen LogP) is 1.89. The van der Waals surface area contributed by atoms with Crippen molar-refractivity contribution in [1.29, 1.82) is 0 Å². The van der Waals surface area contributed by atoms with Crippen LogP contribution in [0.5, 0.6) is 0 Å². The van der Waals surface area contributed by atoms with Gasteiger partial charge in [0.1, 0.15) is 4.99 Å². The molecule has 0 unspecified atom stereocenters. The smallest absolute Gasteiger partial charge is 0.327 e. The Morgan fingerprint density at radius 2 is 1.64 bits per heavy atom. The highest BCUT2D eigenvalue weighted by Gasteiger charge is 2.33. The highest BCUT2D eigenvalue weighted by atomic mass is 32.1. The van der Waals surface area contributed by atoms with Gasteiger partial charge in [0.15, 0.2) is 0 Å². The lowest BCUT2D eigenvalue weighted by Gasteiger charge is -2.16. The molecule has 0 bridgehead atoms. The van der Waals surface area contributed by atoms with E-state index in [1.165, 1.54) is 0 Å². The van der Waals surface area contributed by atoms with Crippen LogP contribution in [0.25, 0.3) is 0 Å². The summed E-state index contributed by atoms with van der Waals surface area (Å²) in [5.41, 5.74) is 1.14. The number of esters is 2. The van der Waals surface area contributed by atoms with Crippen LogP contribution in [0.3, 0.4) is 0 Å². The van der Waals surface area contributed by atoms with Crippen molar-refractivity contribution >= 4 is 29.1 Å². The second-order valence-corrected chi connectivity index (χ2v) is 4.90. The quantitative estimate of drug-likeness (QED) is 0.448. The molecule has 0 heterocycles. The zero-order valence-electron chi connectivity index (χ0n) is 12.8. The maximum Gasteiger partial charge on any atom is 0.327 e. The van der Waals surface area contributed by atoms with E-state index < -0.39 is 17.9 Å². The van der Waals surface area contributed by atoms with Gasteiger partial charge in [-0.1, -0.05) is 42.5 Å². The lowest BCUT2D eigenvalue weighted by Crippen LogP contribution is -2.41. The van der Waals surface area contributed by atoms with Gasteiger partial charge in [-0.25, -0.2) is 0 Å². The Morgan fingerprint density at radius 3 is 2.14 bits per heavy atom. The molecule has 0 aliphatic carbocycles. The first-order valence-corrected chi connectivity index (χ1v) is 7.65. The number of carbonyl (C=O) groups is 2. The van der Waals surface area contributed by atoms with Crippen LogP contribution >= 0.6 is 12.2 Å². The summed E-state index contributed by atoms with van der Waals surface area (Å²) in [7, 11) is 0. The summed E-state index contributed by atoms with van der Waals surface area (Å²) >= 11 is 5.16. The van der Waals surface area contributed by atoms with Crippen LogP contribution in [0, 0.1) is 5.92 Å². The van der Waals surface area contributed by atoms with Crippen LogP contribution in [0.4, 0.5) is 0 Å². The number of hydrogen-bond donors (Lipinski definition) is 1. The summed E-state index contributed by atoms with van der Waals surface area (Å²) in [5, 5.41) is 2.94. The van der Waals surface area contributed by atoms with Crippen LogP contribution in [0.2, 0.25) is 0 Å². The van der Waals surface area contributed by atoms with E-state index in [4.69, 9.17) is 21.7 Å². The molecular weight excluding hydrogens is 302 g/mol. The van der Waals surface area contributed by atoms with Gasteiger partial charge in [0.25, 0.3) is 0 Å². The number of nitrogens with one attached hydrogen (secondary N) is 1. The van der Waals surface area contributed by atoms with Crippen molar-refractivity contribution in [1.82, 2.24) is 5.32 Å². The van der Waals surface area contributed by atoms with Crippen LogP contribution in [0.15, 0.2) is 30.3 Å². The minimum atomic E-state index is -1.20. The summed E-state index contributed by atoms with van der Waals surface area (Å²) in [4.78, 5) is 23.9. The largest absolute Gasteiger partial charge is 0.465 e. The Labute approximate surface area is 136 Å². The molecular formula is C16H21NO4S. The minimum absolute atomic E-state index is 0.132. The molecule has 0 aliphatic heterocycles. The van der Waals surface area contributed by atoms with Crippen LogP contribution in [-0.2, 0) is 25.5 Å². The van der Waals surface area contributed by atoms with Gasteiger partial charge in [0.2, 0.25) is 5.92 Å². The standard InChI is InChI=1S/C16H21NO4S/c1-3-20-15(18)13(16(19)21-4-2)14(22)17-11-10-12-8-6-5-7-9-12/h5-9,13H,3-4,10-11H2,1-2H3,(H,17,22). The average Bonchev–Trinajstić information content (AvgIpc) is 2.49. The summed E-state index contributed by atoms with van der Waals surface area (Å²) in [6.45, 7) is 4.23.